The molecule has 3 rings (SSSR count). The minimum atomic E-state index is -0.310. The Hall–Kier alpha value is -2.91. The van der Waals surface area contributed by atoms with Gasteiger partial charge in [0.15, 0.2) is 5.82 Å². The molecule has 8 nitrogen and oxygen atoms in total. The minimum Gasteiger partial charge on any atom is -0.374 e. The highest BCUT2D eigenvalue weighted by Gasteiger charge is 2.16. The van der Waals surface area contributed by atoms with Crippen molar-refractivity contribution in [2.45, 2.75) is 26.9 Å². The Balaban J connectivity index is 1.75. The molecule has 0 aliphatic carbocycles. The van der Waals surface area contributed by atoms with Gasteiger partial charge in [-0.05, 0) is 44.5 Å². The highest BCUT2D eigenvalue weighted by Crippen LogP contribution is 2.29. The van der Waals surface area contributed by atoms with Gasteiger partial charge < -0.3 is 20.7 Å². The number of hydrogen-bond donors (Lipinski definition) is 3. The second-order valence-corrected chi connectivity index (χ2v) is 6.84. The van der Waals surface area contributed by atoms with E-state index >= 15 is 0 Å². The molecule has 1 aliphatic rings. The molecule has 3 N–H and O–H groups in total. The van der Waals surface area contributed by atoms with Gasteiger partial charge in [0, 0.05) is 25.3 Å². The zero-order valence-corrected chi connectivity index (χ0v) is 16.8. The third-order valence-corrected chi connectivity index (χ3v) is 4.55. The molecule has 1 amide bonds. The van der Waals surface area contributed by atoms with Gasteiger partial charge in [-0.2, -0.15) is 0 Å². The van der Waals surface area contributed by atoms with Gasteiger partial charge in [-0.3, -0.25) is 4.79 Å². The largest absolute Gasteiger partial charge is 0.374 e. The summed E-state index contributed by atoms with van der Waals surface area (Å²) in [6.45, 7) is 7.78. The summed E-state index contributed by atoms with van der Waals surface area (Å²) in [7, 11) is 0. The van der Waals surface area contributed by atoms with Crippen molar-refractivity contribution in [3.63, 3.8) is 0 Å². The lowest BCUT2D eigenvalue weighted by atomic mass is 10.2. The monoisotopic (exact) mass is 400 g/mol. The smallest absolute Gasteiger partial charge is 0.265 e. The number of aliphatic imine (C=N–C) groups is 1. The van der Waals surface area contributed by atoms with Crippen molar-refractivity contribution in [2.75, 3.05) is 31.6 Å². The van der Waals surface area contributed by atoms with E-state index in [0.717, 1.165) is 12.1 Å². The fourth-order valence-corrected chi connectivity index (χ4v) is 2.89. The first-order valence-corrected chi connectivity index (χ1v) is 9.44. The van der Waals surface area contributed by atoms with Crippen LogP contribution in [0.1, 0.15) is 18.2 Å². The fourth-order valence-electron chi connectivity index (χ4n) is 2.89. The number of morpholine rings is 1. The van der Waals surface area contributed by atoms with Crippen LogP contribution in [0.3, 0.4) is 0 Å². The third kappa shape index (κ3) is 5.55. The Labute approximate surface area is 169 Å². The Kier molecular flexibility index (Phi) is 6.84. The second-order valence-electron chi connectivity index (χ2n) is 6.84. The molecule has 1 atom stereocenters. The summed E-state index contributed by atoms with van der Waals surface area (Å²) in [5.74, 6) is -0.152. The van der Waals surface area contributed by atoms with Crippen molar-refractivity contribution in [3.8, 4) is 0 Å². The number of amides is 1. The van der Waals surface area contributed by atoms with E-state index < -0.39 is 0 Å². The van der Waals surface area contributed by atoms with Crippen molar-refractivity contribution in [1.82, 2.24) is 20.6 Å². The van der Waals surface area contributed by atoms with Crippen LogP contribution in [-0.2, 0) is 9.53 Å². The normalized spacial score (nSPS) is 17.1. The quantitative estimate of drug-likeness (QED) is 0.643. The number of rotatable bonds is 6. The Morgan fingerprint density at radius 2 is 2.21 bits per heavy atom. The van der Waals surface area contributed by atoms with E-state index in [1.54, 1.807) is 26.8 Å². The lowest BCUT2D eigenvalue weighted by Gasteiger charge is -2.23. The molecule has 0 spiro atoms. The number of anilines is 2. The Morgan fingerprint density at radius 1 is 1.38 bits per heavy atom. The number of ether oxygens (including phenoxy) is 1. The van der Waals surface area contributed by atoms with Gasteiger partial charge in [-0.25, -0.2) is 19.4 Å². The average Bonchev–Trinajstić information content (AvgIpc) is 2.71. The van der Waals surface area contributed by atoms with E-state index in [4.69, 9.17) is 4.74 Å². The molecule has 2 aromatic rings. The maximum Gasteiger partial charge on any atom is 0.265 e. The summed E-state index contributed by atoms with van der Waals surface area (Å²) in [5.41, 5.74) is 2.79. The predicted molar refractivity (Wildman–Crippen MR) is 110 cm³/mol. The van der Waals surface area contributed by atoms with E-state index in [2.05, 4.69) is 30.9 Å². The van der Waals surface area contributed by atoms with Crippen LogP contribution in [0.15, 0.2) is 29.5 Å². The Morgan fingerprint density at radius 3 is 2.93 bits per heavy atom. The summed E-state index contributed by atoms with van der Waals surface area (Å²) in [6.07, 6.45) is 1.36. The molecule has 154 valence electrons. The number of nitrogens with one attached hydrogen (secondary N) is 3. The van der Waals surface area contributed by atoms with Crippen LogP contribution in [-0.4, -0.2) is 53.9 Å². The second kappa shape index (κ2) is 9.53. The van der Waals surface area contributed by atoms with Crippen molar-refractivity contribution >= 4 is 28.8 Å². The zero-order valence-electron chi connectivity index (χ0n) is 16.8. The maximum absolute atomic E-state index is 13.4. The molecule has 0 radical (unpaired) electrons. The predicted octanol–water partition coefficient (Wildman–Crippen LogP) is 2.17. The topological polar surface area (TPSA) is 101 Å². The molecule has 0 bridgehead atoms. The molecule has 1 saturated heterocycles. The van der Waals surface area contributed by atoms with E-state index in [-0.39, 0.29) is 23.5 Å². The van der Waals surface area contributed by atoms with Gasteiger partial charge >= 0.3 is 0 Å². The molecule has 1 aromatic heterocycles. The highest BCUT2D eigenvalue weighted by molar-refractivity contribution is 6.38. The van der Waals surface area contributed by atoms with Crippen LogP contribution in [0.5, 0.6) is 0 Å². The van der Waals surface area contributed by atoms with Gasteiger partial charge in [0.05, 0.1) is 18.4 Å². The SMILES string of the molecule is C/C(=N\c1c(C)ncnc1Nc1ccc(F)cc1C)C(=O)NCC1CNCCO1. The molecule has 1 aromatic carbocycles. The van der Waals surface area contributed by atoms with Gasteiger partial charge in [-0.1, -0.05) is 0 Å². The number of nitrogens with zero attached hydrogens (tertiary/aromatic N) is 3. The van der Waals surface area contributed by atoms with Crippen molar-refractivity contribution in [3.05, 3.63) is 41.6 Å². The number of halogens is 1. The molecule has 0 saturated carbocycles. The number of hydrogen-bond acceptors (Lipinski definition) is 7. The van der Waals surface area contributed by atoms with E-state index in [0.29, 0.717) is 42.6 Å². The van der Waals surface area contributed by atoms with Gasteiger partial charge in [-0.15, -0.1) is 0 Å². The van der Waals surface area contributed by atoms with Crippen LogP contribution in [0.4, 0.5) is 21.6 Å². The minimum absolute atomic E-state index is 0.0547. The standard InChI is InChI=1S/C20H25FN6O2/c1-12-8-15(21)4-5-17(12)27-19-18(13(2)24-11-25-19)26-14(3)20(28)23-10-16-9-22-6-7-29-16/h4-5,8,11,16,22H,6-7,9-10H2,1-3H3,(H,23,28)(H,24,25,27)/b26-14+. The average molecular weight is 400 g/mol. The first kappa shape index (κ1) is 20.8. The summed E-state index contributed by atoms with van der Waals surface area (Å²) >= 11 is 0. The fraction of sp³-hybridized carbons (Fsp3) is 0.400. The Bertz CT molecular complexity index is 912. The summed E-state index contributed by atoms with van der Waals surface area (Å²) < 4.78 is 18.9. The lowest BCUT2D eigenvalue weighted by molar-refractivity contribution is -0.115. The van der Waals surface area contributed by atoms with Gasteiger partial charge in [0.1, 0.15) is 23.5 Å². The van der Waals surface area contributed by atoms with Crippen LogP contribution < -0.4 is 16.0 Å². The molecular formula is C20H25FN6O2. The molecule has 1 fully saturated rings. The van der Waals surface area contributed by atoms with Crippen LogP contribution in [0.25, 0.3) is 0 Å². The van der Waals surface area contributed by atoms with Crippen molar-refractivity contribution < 1.29 is 13.9 Å². The van der Waals surface area contributed by atoms with Crippen LogP contribution >= 0.6 is 0 Å². The number of carbonyl (C=O) groups is 1. The van der Waals surface area contributed by atoms with E-state index in [9.17, 15) is 9.18 Å². The molecule has 1 aliphatic heterocycles. The van der Waals surface area contributed by atoms with Crippen molar-refractivity contribution in [1.29, 1.82) is 0 Å². The maximum atomic E-state index is 13.4. The van der Waals surface area contributed by atoms with E-state index in [1.165, 1.54) is 18.5 Å². The van der Waals surface area contributed by atoms with Gasteiger partial charge in [0.25, 0.3) is 5.91 Å². The van der Waals surface area contributed by atoms with Crippen LogP contribution in [0, 0.1) is 19.7 Å². The summed E-state index contributed by atoms with van der Waals surface area (Å²) in [6, 6.07) is 4.43. The number of aryl methyl sites for hydroxylation is 2. The highest BCUT2D eigenvalue weighted by atomic mass is 19.1. The molecular weight excluding hydrogens is 375 g/mol. The van der Waals surface area contributed by atoms with E-state index in [1.807, 2.05) is 0 Å². The molecule has 1 unspecified atom stereocenters. The first-order chi connectivity index (χ1) is 13.9. The number of carbonyl (C=O) groups excluding carboxylic acids is 1. The lowest BCUT2D eigenvalue weighted by Crippen LogP contribution is -2.46. The molecule has 29 heavy (non-hydrogen) atoms. The molecule has 9 heteroatoms. The van der Waals surface area contributed by atoms with Gasteiger partial charge in [0.2, 0.25) is 0 Å². The zero-order chi connectivity index (χ0) is 20.8. The number of aromatic nitrogens is 2. The summed E-state index contributed by atoms with van der Waals surface area (Å²) in [4.78, 5) is 25.3. The van der Waals surface area contributed by atoms with Crippen molar-refractivity contribution in [2.24, 2.45) is 4.99 Å². The third-order valence-electron chi connectivity index (χ3n) is 4.55. The number of benzene rings is 1. The summed E-state index contributed by atoms with van der Waals surface area (Å²) in [5, 5.41) is 9.21. The molecule has 2 heterocycles. The van der Waals surface area contributed by atoms with Crippen LogP contribution in [0.2, 0.25) is 0 Å². The first-order valence-electron chi connectivity index (χ1n) is 9.44.